The third-order valence-electron chi connectivity index (χ3n) is 3.43. The van der Waals surface area contributed by atoms with Gasteiger partial charge in [0.1, 0.15) is 22.9 Å². The largest absolute Gasteiger partial charge is 0.494 e. The number of hydrogen-bond donors (Lipinski definition) is 3. The summed E-state index contributed by atoms with van der Waals surface area (Å²) in [5.41, 5.74) is -0.660. The van der Waals surface area contributed by atoms with Crippen LogP contribution in [0.1, 0.15) is 31.8 Å². The quantitative estimate of drug-likeness (QED) is 0.725. The molecule has 0 saturated carbocycles. The lowest BCUT2D eigenvalue weighted by molar-refractivity contribution is 0.0364. The predicted molar refractivity (Wildman–Crippen MR) is 92.3 cm³/mol. The predicted octanol–water partition coefficient (Wildman–Crippen LogP) is 3.41. The lowest BCUT2D eigenvalue weighted by Gasteiger charge is -2.21. The molecule has 0 spiro atoms. The number of hydrogen-bond acceptors (Lipinski definition) is 4. The van der Waals surface area contributed by atoms with Crippen molar-refractivity contribution < 1.29 is 19.1 Å². The molecule has 0 aliphatic rings. The van der Waals surface area contributed by atoms with Crippen molar-refractivity contribution in [3.63, 3.8) is 0 Å². The SMILES string of the molecule is CCCOc1cccc(NC(=O)NCC(C)(O)c2ccc(C)o2)c1. The summed E-state index contributed by atoms with van der Waals surface area (Å²) < 4.78 is 10.9. The Balaban J connectivity index is 1.89. The number of carbonyl (C=O) groups excluding carboxylic acids is 1. The Bertz CT molecular complexity index is 679. The zero-order valence-corrected chi connectivity index (χ0v) is 14.3. The summed E-state index contributed by atoms with van der Waals surface area (Å²) >= 11 is 0. The second-order valence-electron chi connectivity index (χ2n) is 5.87. The van der Waals surface area contributed by atoms with Crippen LogP contribution in [0.4, 0.5) is 10.5 Å². The number of carbonyl (C=O) groups is 1. The van der Waals surface area contributed by atoms with Gasteiger partial charge in [-0.15, -0.1) is 0 Å². The molecule has 1 heterocycles. The number of benzene rings is 1. The van der Waals surface area contributed by atoms with Gasteiger partial charge in [0.2, 0.25) is 0 Å². The standard InChI is InChI=1S/C18H24N2O4/c1-4-10-23-15-7-5-6-14(11-15)20-17(21)19-12-18(3,22)16-9-8-13(2)24-16/h5-9,11,22H,4,10,12H2,1-3H3,(H2,19,20,21). The maximum absolute atomic E-state index is 12.0. The van der Waals surface area contributed by atoms with Gasteiger partial charge in [-0.3, -0.25) is 0 Å². The molecule has 0 bridgehead atoms. The van der Waals surface area contributed by atoms with E-state index in [9.17, 15) is 9.90 Å². The summed E-state index contributed by atoms with van der Waals surface area (Å²) in [6.45, 7) is 6.07. The zero-order valence-electron chi connectivity index (χ0n) is 14.3. The molecule has 130 valence electrons. The first-order valence-corrected chi connectivity index (χ1v) is 7.98. The lowest BCUT2D eigenvalue weighted by atomic mass is 10.0. The van der Waals surface area contributed by atoms with E-state index < -0.39 is 11.6 Å². The van der Waals surface area contributed by atoms with Crippen LogP contribution in [0.3, 0.4) is 0 Å². The molecule has 0 radical (unpaired) electrons. The molecule has 0 saturated heterocycles. The number of amides is 2. The highest BCUT2D eigenvalue weighted by Gasteiger charge is 2.27. The average Bonchev–Trinajstić information content (AvgIpc) is 2.99. The number of aryl methyl sites for hydroxylation is 1. The van der Waals surface area contributed by atoms with Crippen LogP contribution < -0.4 is 15.4 Å². The summed E-state index contributed by atoms with van der Waals surface area (Å²) in [4.78, 5) is 12.0. The summed E-state index contributed by atoms with van der Waals surface area (Å²) in [5, 5.41) is 15.8. The average molecular weight is 332 g/mol. The van der Waals surface area contributed by atoms with Crippen molar-refractivity contribution >= 4 is 11.7 Å². The van der Waals surface area contributed by atoms with Crippen LogP contribution in [-0.2, 0) is 5.60 Å². The van der Waals surface area contributed by atoms with Gasteiger partial charge in [0.05, 0.1) is 13.2 Å². The van der Waals surface area contributed by atoms with E-state index in [2.05, 4.69) is 10.6 Å². The molecule has 1 unspecified atom stereocenters. The Morgan fingerprint density at radius 3 is 2.79 bits per heavy atom. The molecule has 0 aliphatic heterocycles. The molecule has 0 fully saturated rings. The van der Waals surface area contributed by atoms with E-state index in [0.29, 0.717) is 29.6 Å². The molecule has 2 rings (SSSR count). The highest BCUT2D eigenvalue weighted by atomic mass is 16.5. The second-order valence-corrected chi connectivity index (χ2v) is 5.87. The van der Waals surface area contributed by atoms with Gasteiger partial charge < -0.3 is 24.9 Å². The molecule has 3 N–H and O–H groups in total. The van der Waals surface area contributed by atoms with Gasteiger partial charge in [-0.05, 0) is 44.5 Å². The van der Waals surface area contributed by atoms with Crippen molar-refractivity contribution in [2.24, 2.45) is 0 Å². The van der Waals surface area contributed by atoms with Gasteiger partial charge in [0.15, 0.2) is 0 Å². The summed E-state index contributed by atoms with van der Waals surface area (Å²) in [7, 11) is 0. The van der Waals surface area contributed by atoms with Crippen molar-refractivity contribution in [3.8, 4) is 5.75 Å². The van der Waals surface area contributed by atoms with E-state index >= 15 is 0 Å². The molecule has 1 aromatic carbocycles. The van der Waals surface area contributed by atoms with Crippen molar-refractivity contribution in [3.05, 3.63) is 47.9 Å². The van der Waals surface area contributed by atoms with Gasteiger partial charge >= 0.3 is 6.03 Å². The topological polar surface area (TPSA) is 83.7 Å². The molecule has 24 heavy (non-hydrogen) atoms. The third-order valence-corrected chi connectivity index (χ3v) is 3.43. The van der Waals surface area contributed by atoms with E-state index in [-0.39, 0.29) is 6.54 Å². The summed E-state index contributed by atoms with van der Waals surface area (Å²) in [6, 6.07) is 10.2. The Labute approximate surface area is 141 Å². The Morgan fingerprint density at radius 1 is 1.33 bits per heavy atom. The maximum atomic E-state index is 12.0. The first-order valence-electron chi connectivity index (χ1n) is 7.98. The van der Waals surface area contributed by atoms with Crippen LogP contribution in [0.15, 0.2) is 40.8 Å². The molecule has 0 aliphatic carbocycles. The number of urea groups is 1. The number of aliphatic hydroxyl groups is 1. The molecular weight excluding hydrogens is 308 g/mol. The van der Waals surface area contributed by atoms with E-state index in [1.165, 1.54) is 0 Å². The van der Waals surface area contributed by atoms with Crippen LogP contribution in [-0.4, -0.2) is 24.3 Å². The molecule has 1 aromatic heterocycles. The fourth-order valence-electron chi connectivity index (χ4n) is 2.12. The van der Waals surface area contributed by atoms with Crippen LogP contribution >= 0.6 is 0 Å². The van der Waals surface area contributed by atoms with Gasteiger partial charge in [-0.1, -0.05) is 13.0 Å². The fraction of sp³-hybridized carbons (Fsp3) is 0.389. The van der Waals surface area contributed by atoms with Crippen molar-refractivity contribution in [2.45, 2.75) is 32.8 Å². The van der Waals surface area contributed by atoms with Gasteiger partial charge in [-0.2, -0.15) is 0 Å². The highest BCUT2D eigenvalue weighted by Crippen LogP contribution is 2.22. The second kappa shape index (κ2) is 7.88. The Morgan fingerprint density at radius 2 is 2.12 bits per heavy atom. The minimum atomic E-state index is -1.28. The van der Waals surface area contributed by atoms with Crippen molar-refractivity contribution in [2.75, 3.05) is 18.5 Å². The summed E-state index contributed by atoms with van der Waals surface area (Å²) in [5.74, 6) is 1.82. The monoisotopic (exact) mass is 332 g/mol. The number of nitrogens with one attached hydrogen (secondary N) is 2. The maximum Gasteiger partial charge on any atom is 0.319 e. The van der Waals surface area contributed by atoms with Crippen molar-refractivity contribution in [1.29, 1.82) is 0 Å². The smallest absolute Gasteiger partial charge is 0.319 e. The van der Waals surface area contributed by atoms with E-state index in [1.54, 1.807) is 38.1 Å². The minimum Gasteiger partial charge on any atom is -0.494 e. The summed E-state index contributed by atoms with van der Waals surface area (Å²) in [6.07, 6.45) is 0.916. The molecular formula is C18H24N2O4. The number of furan rings is 1. The number of ether oxygens (including phenoxy) is 1. The number of rotatable bonds is 7. The van der Waals surface area contributed by atoms with Crippen LogP contribution in [0.5, 0.6) is 5.75 Å². The lowest BCUT2D eigenvalue weighted by Crippen LogP contribution is -2.40. The highest BCUT2D eigenvalue weighted by molar-refractivity contribution is 5.89. The van der Waals surface area contributed by atoms with Gasteiger partial charge in [0.25, 0.3) is 0 Å². The zero-order chi connectivity index (χ0) is 17.6. The van der Waals surface area contributed by atoms with Crippen LogP contribution in [0.25, 0.3) is 0 Å². The first-order chi connectivity index (χ1) is 11.4. The van der Waals surface area contributed by atoms with Gasteiger partial charge in [-0.25, -0.2) is 4.79 Å². The number of anilines is 1. The van der Waals surface area contributed by atoms with Crippen LogP contribution in [0, 0.1) is 6.92 Å². The first kappa shape index (κ1) is 17.9. The normalized spacial score (nSPS) is 13.2. The molecule has 1 atom stereocenters. The molecule has 2 amide bonds. The molecule has 2 aromatic rings. The Hall–Kier alpha value is -2.47. The van der Waals surface area contributed by atoms with E-state index in [4.69, 9.17) is 9.15 Å². The third kappa shape index (κ3) is 5.03. The molecule has 6 nitrogen and oxygen atoms in total. The Kier molecular flexibility index (Phi) is 5.87. The van der Waals surface area contributed by atoms with Crippen LogP contribution in [0.2, 0.25) is 0 Å². The van der Waals surface area contributed by atoms with E-state index in [0.717, 1.165) is 6.42 Å². The van der Waals surface area contributed by atoms with Crippen molar-refractivity contribution in [1.82, 2.24) is 5.32 Å². The van der Waals surface area contributed by atoms with Gasteiger partial charge in [0, 0.05) is 11.8 Å². The minimum absolute atomic E-state index is 0.0256. The van der Waals surface area contributed by atoms with E-state index in [1.807, 2.05) is 19.1 Å². The fourth-order valence-corrected chi connectivity index (χ4v) is 2.12. The molecule has 6 heteroatoms.